The van der Waals surface area contributed by atoms with Gasteiger partial charge in [0.2, 0.25) is 0 Å². The Kier molecular flexibility index (Phi) is 3.13. The van der Waals surface area contributed by atoms with E-state index in [0.29, 0.717) is 0 Å². The average molecular weight is 271 g/mol. The highest BCUT2D eigenvalue weighted by Gasteiger charge is 2.40. The lowest BCUT2D eigenvalue weighted by molar-refractivity contribution is 0.334. The largest absolute Gasteiger partial charge is 0.322 e. The van der Waals surface area contributed by atoms with Crippen LogP contribution in [0.5, 0.6) is 0 Å². The lowest BCUT2D eigenvalue weighted by Gasteiger charge is -2.33. The molecule has 0 spiro atoms. The molecule has 1 aliphatic rings. The zero-order chi connectivity index (χ0) is 14.4. The van der Waals surface area contributed by atoms with E-state index in [1.165, 1.54) is 17.8 Å². The Bertz CT molecular complexity index is 613. The first-order valence-corrected chi connectivity index (χ1v) is 7.67. The summed E-state index contributed by atoms with van der Waals surface area (Å²) in [5.74, 6) is 1.26. The molecule has 0 aliphatic carbocycles. The van der Waals surface area contributed by atoms with Crippen molar-refractivity contribution in [3.05, 3.63) is 30.1 Å². The maximum Gasteiger partial charge on any atom is 0.117 e. The van der Waals surface area contributed by atoms with Crippen LogP contribution in [0.1, 0.15) is 46.4 Å². The minimum absolute atomic E-state index is 0.0518. The summed E-state index contributed by atoms with van der Waals surface area (Å²) in [6, 6.07) is 8.52. The Hall–Kier alpha value is -1.35. The molecule has 20 heavy (non-hydrogen) atoms. The predicted molar refractivity (Wildman–Crippen MR) is 84.2 cm³/mol. The van der Waals surface area contributed by atoms with Crippen LogP contribution in [0.4, 0.5) is 0 Å². The molecular weight excluding hydrogens is 246 g/mol. The molecule has 1 aliphatic heterocycles. The fourth-order valence-corrected chi connectivity index (χ4v) is 3.46. The van der Waals surface area contributed by atoms with Gasteiger partial charge in [0.15, 0.2) is 0 Å². The summed E-state index contributed by atoms with van der Waals surface area (Å²) in [4.78, 5) is 5.03. The summed E-state index contributed by atoms with van der Waals surface area (Å²) in [7, 11) is 0. The van der Waals surface area contributed by atoms with E-state index in [1.54, 1.807) is 0 Å². The van der Waals surface area contributed by atoms with Crippen LogP contribution in [0.3, 0.4) is 0 Å². The maximum absolute atomic E-state index is 5.03. The third kappa shape index (κ3) is 1.96. The van der Waals surface area contributed by atoms with E-state index in [2.05, 4.69) is 61.8 Å². The Morgan fingerprint density at radius 2 is 2.05 bits per heavy atom. The molecule has 0 amide bonds. The molecule has 0 bridgehead atoms. The Labute approximate surface area is 121 Å². The third-order valence-corrected chi connectivity index (χ3v) is 4.63. The van der Waals surface area contributed by atoms with E-state index < -0.39 is 0 Å². The summed E-state index contributed by atoms with van der Waals surface area (Å²) >= 11 is 0. The molecule has 1 atom stereocenters. The standard InChI is InChI=1S/C17H25N3/c1-5-17(10-11-18-12-17)15-19-13-8-6-7-9-14(13)20(15)16(2,3)4/h6-9,18H,5,10-12H2,1-4H3. The van der Waals surface area contributed by atoms with Crippen molar-refractivity contribution in [1.82, 2.24) is 14.9 Å². The van der Waals surface area contributed by atoms with Gasteiger partial charge < -0.3 is 9.88 Å². The van der Waals surface area contributed by atoms with Crippen molar-refractivity contribution in [3.8, 4) is 0 Å². The van der Waals surface area contributed by atoms with Gasteiger partial charge in [0.1, 0.15) is 5.82 Å². The quantitative estimate of drug-likeness (QED) is 0.907. The topological polar surface area (TPSA) is 29.9 Å². The number of hydrogen-bond donors (Lipinski definition) is 1. The summed E-state index contributed by atoms with van der Waals surface area (Å²) in [6.07, 6.45) is 2.32. The molecule has 1 aromatic carbocycles. The van der Waals surface area contributed by atoms with Crippen LogP contribution in [0, 0.1) is 0 Å². The van der Waals surface area contributed by atoms with Gasteiger partial charge in [-0.15, -0.1) is 0 Å². The minimum atomic E-state index is 0.0518. The summed E-state index contributed by atoms with van der Waals surface area (Å²) in [6.45, 7) is 11.3. The molecule has 1 N–H and O–H groups in total. The number of fused-ring (bicyclic) bond motifs is 1. The van der Waals surface area contributed by atoms with Crippen LogP contribution in [0.2, 0.25) is 0 Å². The normalized spacial score (nSPS) is 23.6. The molecular formula is C17H25N3. The van der Waals surface area contributed by atoms with Crippen molar-refractivity contribution in [2.75, 3.05) is 13.1 Å². The number of nitrogens with one attached hydrogen (secondary N) is 1. The number of hydrogen-bond acceptors (Lipinski definition) is 2. The second kappa shape index (κ2) is 4.59. The fraction of sp³-hybridized carbons (Fsp3) is 0.588. The predicted octanol–water partition coefficient (Wildman–Crippen LogP) is 3.43. The molecule has 0 saturated carbocycles. The second-order valence-electron chi connectivity index (χ2n) is 6.99. The molecule has 3 nitrogen and oxygen atoms in total. The number of imidazole rings is 1. The number of aromatic nitrogens is 2. The highest BCUT2D eigenvalue weighted by Crippen LogP contribution is 2.38. The first-order valence-electron chi connectivity index (χ1n) is 7.67. The Balaban J connectivity index is 2.29. The van der Waals surface area contributed by atoms with E-state index in [-0.39, 0.29) is 11.0 Å². The molecule has 1 saturated heterocycles. The summed E-state index contributed by atoms with van der Waals surface area (Å²) in [5, 5.41) is 3.53. The number of para-hydroxylation sites is 2. The first kappa shape index (κ1) is 13.6. The van der Waals surface area contributed by atoms with Crippen molar-refractivity contribution in [3.63, 3.8) is 0 Å². The highest BCUT2D eigenvalue weighted by atomic mass is 15.2. The number of nitrogens with zero attached hydrogens (tertiary/aromatic N) is 2. The second-order valence-corrected chi connectivity index (χ2v) is 6.99. The molecule has 2 aromatic rings. The fourth-order valence-electron chi connectivity index (χ4n) is 3.46. The molecule has 2 heterocycles. The lowest BCUT2D eigenvalue weighted by Crippen LogP contribution is -2.36. The molecule has 1 unspecified atom stereocenters. The van der Waals surface area contributed by atoms with E-state index in [4.69, 9.17) is 4.98 Å². The lowest BCUT2D eigenvalue weighted by atomic mass is 9.82. The molecule has 1 aromatic heterocycles. The van der Waals surface area contributed by atoms with E-state index >= 15 is 0 Å². The SMILES string of the molecule is CCC1(c2nc3ccccc3n2C(C)(C)C)CCNC1. The van der Waals surface area contributed by atoms with Crippen LogP contribution in [-0.4, -0.2) is 22.6 Å². The summed E-state index contributed by atoms with van der Waals surface area (Å²) < 4.78 is 2.46. The van der Waals surface area contributed by atoms with Gasteiger partial charge in [-0.2, -0.15) is 0 Å². The number of benzene rings is 1. The van der Waals surface area contributed by atoms with Gasteiger partial charge in [0.25, 0.3) is 0 Å². The molecule has 108 valence electrons. The van der Waals surface area contributed by atoms with E-state index in [1.807, 2.05) is 0 Å². The zero-order valence-corrected chi connectivity index (χ0v) is 13.0. The Morgan fingerprint density at radius 3 is 2.65 bits per heavy atom. The van der Waals surface area contributed by atoms with Gasteiger partial charge >= 0.3 is 0 Å². The van der Waals surface area contributed by atoms with Gasteiger partial charge in [-0.05, 0) is 52.3 Å². The van der Waals surface area contributed by atoms with Gasteiger partial charge in [-0.25, -0.2) is 4.98 Å². The van der Waals surface area contributed by atoms with Gasteiger partial charge in [-0.1, -0.05) is 19.1 Å². The monoisotopic (exact) mass is 271 g/mol. The van der Waals surface area contributed by atoms with Crippen LogP contribution >= 0.6 is 0 Å². The molecule has 1 fully saturated rings. The van der Waals surface area contributed by atoms with Gasteiger partial charge in [0, 0.05) is 17.5 Å². The summed E-state index contributed by atoms with van der Waals surface area (Å²) in [5.41, 5.74) is 2.62. The smallest absolute Gasteiger partial charge is 0.117 e. The Morgan fingerprint density at radius 1 is 1.30 bits per heavy atom. The number of rotatable bonds is 2. The van der Waals surface area contributed by atoms with E-state index in [9.17, 15) is 0 Å². The van der Waals surface area contributed by atoms with Crippen LogP contribution in [0.15, 0.2) is 24.3 Å². The minimum Gasteiger partial charge on any atom is -0.322 e. The van der Waals surface area contributed by atoms with Crippen LogP contribution in [-0.2, 0) is 11.0 Å². The van der Waals surface area contributed by atoms with Crippen molar-refractivity contribution < 1.29 is 0 Å². The third-order valence-electron chi connectivity index (χ3n) is 4.63. The molecule has 3 rings (SSSR count). The molecule has 0 radical (unpaired) electrons. The van der Waals surface area contributed by atoms with Crippen molar-refractivity contribution >= 4 is 11.0 Å². The van der Waals surface area contributed by atoms with Crippen molar-refractivity contribution in [2.24, 2.45) is 0 Å². The first-order chi connectivity index (χ1) is 9.48. The van der Waals surface area contributed by atoms with Crippen LogP contribution < -0.4 is 5.32 Å². The molecule has 3 heteroatoms. The maximum atomic E-state index is 5.03. The van der Waals surface area contributed by atoms with Gasteiger partial charge in [-0.3, -0.25) is 0 Å². The zero-order valence-electron chi connectivity index (χ0n) is 13.0. The highest BCUT2D eigenvalue weighted by molar-refractivity contribution is 5.76. The van der Waals surface area contributed by atoms with Crippen molar-refractivity contribution in [2.45, 2.75) is 51.5 Å². The average Bonchev–Trinajstić information content (AvgIpc) is 3.03. The van der Waals surface area contributed by atoms with Gasteiger partial charge in [0.05, 0.1) is 11.0 Å². The van der Waals surface area contributed by atoms with Crippen molar-refractivity contribution in [1.29, 1.82) is 0 Å². The van der Waals surface area contributed by atoms with Crippen LogP contribution in [0.25, 0.3) is 11.0 Å². The van der Waals surface area contributed by atoms with E-state index in [0.717, 1.165) is 25.0 Å².